The van der Waals surface area contributed by atoms with E-state index in [2.05, 4.69) is 25.1 Å². The summed E-state index contributed by atoms with van der Waals surface area (Å²) in [5.74, 6) is -0.360. The lowest BCUT2D eigenvalue weighted by Crippen LogP contribution is -2.22. The molecule has 2 N–H and O–H groups in total. The molecule has 0 radical (unpaired) electrons. The van der Waals surface area contributed by atoms with Crippen molar-refractivity contribution in [2.45, 2.75) is 11.9 Å². The Bertz CT molecular complexity index is 1070. The summed E-state index contributed by atoms with van der Waals surface area (Å²) in [7, 11) is -1.02. The summed E-state index contributed by atoms with van der Waals surface area (Å²) >= 11 is 0. The Morgan fingerprint density at radius 3 is 2.81 bits per heavy atom. The van der Waals surface area contributed by atoms with Gasteiger partial charge in [-0.3, -0.25) is 14.5 Å². The first-order valence-corrected chi connectivity index (χ1v) is 8.95. The van der Waals surface area contributed by atoms with E-state index in [4.69, 9.17) is 4.42 Å². The quantitative estimate of drug-likeness (QED) is 0.677. The molecule has 3 rings (SSSR count). The van der Waals surface area contributed by atoms with Gasteiger partial charge in [0.2, 0.25) is 10.9 Å². The van der Waals surface area contributed by atoms with Crippen LogP contribution in [0.1, 0.15) is 16.2 Å². The lowest BCUT2D eigenvalue weighted by molar-refractivity contribution is 0.102. The fourth-order valence-electron chi connectivity index (χ4n) is 2.22. The zero-order valence-corrected chi connectivity index (χ0v) is 15.0. The van der Waals surface area contributed by atoms with Crippen LogP contribution in [0.4, 0.5) is 5.69 Å². The third-order valence-corrected chi connectivity index (χ3v) is 4.79. The van der Waals surface area contributed by atoms with Crippen molar-refractivity contribution in [1.82, 2.24) is 24.5 Å². The Balaban J connectivity index is 1.86. The molecule has 1 amide bonds. The van der Waals surface area contributed by atoms with Crippen molar-refractivity contribution < 1.29 is 17.6 Å². The van der Waals surface area contributed by atoms with Crippen molar-refractivity contribution in [3.05, 3.63) is 42.2 Å². The van der Waals surface area contributed by atoms with E-state index in [1.807, 2.05) is 6.92 Å². The van der Waals surface area contributed by atoms with Crippen LogP contribution in [0.15, 0.2) is 40.2 Å². The van der Waals surface area contributed by atoms with Crippen LogP contribution in [0.2, 0.25) is 0 Å². The van der Waals surface area contributed by atoms with Gasteiger partial charge in [-0.05, 0) is 26.1 Å². The average molecular weight is 376 g/mol. The lowest BCUT2D eigenvalue weighted by Gasteiger charge is -2.03. The summed E-state index contributed by atoms with van der Waals surface area (Å²) in [6, 6.07) is 3.48. The minimum Gasteiger partial charge on any atom is -0.444 e. The third-order valence-electron chi connectivity index (χ3n) is 3.45. The van der Waals surface area contributed by atoms with Gasteiger partial charge in [0.25, 0.3) is 15.9 Å². The number of sulfonamides is 1. The molecule has 0 spiro atoms. The third kappa shape index (κ3) is 3.48. The first-order valence-electron chi connectivity index (χ1n) is 7.47. The summed E-state index contributed by atoms with van der Waals surface area (Å²) in [4.78, 5) is 20.6. The topological polar surface area (TPSA) is 132 Å². The summed E-state index contributed by atoms with van der Waals surface area (Å²) in [6.07, 6.45) is 4.19. The van der Waals surface area contributed by atoms with E-state index in [9.17, 15) is 13.2 Å². The maximum absolute atomic E-state index is 12.4. The molecule has 0 aromatic carbocycles. The van der Waals surface area contributed by atoms with Gasteiger partial charge in [0.15, 0.2) is 5.69 Å². The smallest absolute Gasteiger partial charge is 0.277 e. The first-order chi connectivity index (χ1) is 12.3. The molecule has 0 fully saturated rings. The van der Waals surface area contributed by atoms with Crippen LogP contribution in [0.5, 0.6) is 0 Å². The van der Waals surface area contributed by atoms with E-state index in [1.165, 1.54) is 24.2 Å². The molecule has 3 aromatic rings. The number of anilines is 1. The molecule has 3 heterocycles. The highest BCUT2D eigenvalue weighted by molar-refractivity contribution is 7.89. The Labute approximate surface area is 149 Å². The highest BCUT2D eigenvalue weighted by Gasteiger charge is 2.24. The second-order valence-electron chi connectivity index (χ2n) is 5.41. The summed E-state index contributed by atoms with van der Waals surface area (Å²) in [6.45, 7) is 1.83. The van der Waals surface area contributed by atoms with Crippen molar-refractivity contribution in [1.29, 1.82) is 0 Å². The van der Waals surface area contributed by atoms with Gasteiger partial charge in [-0.1, -0.05) is 0 Å². The minimum atomic E-state index is -3.83. The molecule has 0 aliphatic rings. The van der Waals surface area contributed by atoms with Crippen molar-refractivity contribution in [2.75, 3.05) is 12.4 Å². The molecule has 0 bridgehead atoms. The molecule has 0 aliphatic heterocycles. The Hall–Kier alpha value is -3.05. The van der Waals surface area contributed by atoms with Crippen molar-refractivity contribution in [3.63, 3.8) is 0 Å². The second kappa shape index (κ2) is 6.69. The van der Waals surface area contributed by atoms with E-state index in [0.29, 0.717) is 5.56 Å². The van der Waals surface area contributed by atoms with Crippen LogP contribution in [-0.2, 0) is 17.1 Å². The Kier molecular flexibility index (Phi) is 4.57. The number of aromatic nitrogens is 4. The maximum Gasteiger partial charge on any atom is 0.277 e. The van der Waals surface area contributed by atoms with Crippen LogP contribution in [0.3, 0.4) is 0 Å². The predicted octanol–water partition coefficient (Wildman–Crippen LogP) is 0.939. The molecule has 0 atom stereocenters. The van der Waals surface area contributed by atoms with Crippen LogP contribution in [0.25, 0.3) is 11.5 Å². The molecular formula is C15H16N6O4S. The number of rotatable bonds is 5. The molecule has 0 unspecified atom stereocenters. The number of carbonyl (C=O) groups excluding carboxylic acids is 1. The van der Waals surface area contributed by atoms with Crippen LogP contribution in [0, 0.1) is 6.92 Å². The Morgan fingerprint density at radius 1 is 1.35 bits per heavy atom. The summed E-state index contributed by atoms with van der Waals surface area (Å²) in [5.41, 5.74) is 1.50. The van der Waals surface area contributed by atoms with Gasteiger partial charge < -0.3 is 9.73 Å². The molecule has 11 heteroatoms. The molecule has 0 aliphatic carbocycles. The summed E-state index contributed by atoms with van der Waals surface area (Å²) < 4.78 is 32.8. The molecule has 0 saturated carbocycles. The van der Waals surface area contributed by atoms with Gasteiger partial charge in [0.1, 0.15) is 12.0 Å². The molecular weight excluding hydrogens is 360 g/mol. The first kappa shape index (κ1) is 17.8. The Morgan fingerprint density at radius 2 is 2.12 bits per heavy atom. The lowest BCUT2D eigenvalue weighted by atomic mass is 10.2. The number of nitrogens with one attached hydrogen (secondary N) is 2. The second-order valence-corrected chi connectivity index (χ2v) is 7.21. The number of hydrogen-bond acceptors (Lipinski definition) is 7. The van der Waals surface area contributed by atoms with Crippen molar-refractivity contribution >= 4 is 21.6 Å². The fourth-order valence-corrected chi connectivity index (χ4v) is 3.05. The monoisotopic (exact) mass is 376 g/mol. The van der Waals surface area contributed by atoms with E-state index in [1.54, 1.807) is 25.4 Å². The minimum absolute atomic E-state index is 0.00567. The van der Waals surface area contributed by atoms with Crippen molar-refractivity contribution in [2.24, 2.45) is 7.05 Å². The average Bonchev–Trinajstić information content (AvgIpc) is 3.22. The number of nitrogens with zero attached hydrogens (tertiary/aromatic N) is 4. The van der Waals surface area contributed by atoms with E-state index >= 15 is 0 Å². The zero-order valence-electron chi connectivity index (χ0n) is 14.2. The summed E-state index contributed by atoms with van der Waals surface area (Å²) in [5, 5.41) is 6.06. The van der Waals surface area contributed by atoms with Crippen LogP contribution < -0.4 is 10.0 Å². The number of hydrogen-bond donors (Lipinski definition) is 2. The van der Waals surface area contributed by atoms with E-state index < -0.39 is 15.9 Å². The predicted molar refractivity (Wildman–Crippen MR) is 91.9 cm³/mol. The van der Waals surface area contributed by atoms with Gasteiger partial charge in [0.05, 0.1) is 0 Å². The van der Waals surface area contributed by atoms with E-state index in [0.717, 1.165) is 5.69 Å². The molecule has 26 heavy (non-hydrogen) atoms. The largest absolute Gasteiger partial charge is 0.444 e. The number of amides is 1. The normalized spacial score (nSPS) is 11.5. The maximum atomic E-state index is 12.4. The zero-order chi connectivity index (χ0) is 18.9. The van der Waals surface area contributed by atoms with E-state index in [-0.39, 0.29) is 22.3 Å². The highest BCUT2D eigenvalue weighted by atomic mass is 32.2. The molecule has 10 nitrogen and oxygen atoms in total. The van der Waals surface area contributed by atoms with Gasteiger partial charge in [-0.15, -0.1) is 0 Å². The number of pyridine rings is 1. The van der Waals surface area contributed by atoms with Gasteiger partial charge >= 0.3 is 0 Å². The van der Waals surface area contributed by atoms with Gasteiger partial charge in [0, 0.05) is 30.7 Å². The van der Waals surface area contributed by atoms with Gasteiger partial charge in [-0.2, -0.15) is 5.10 Å². The van der Waals surface area contributed by atoms with Crippen molar-refractivity contribution in [3.8, 4) is 11.5 Å². The van der Waals surface area contributed by atoms with Crippen LogP contribution >= 0.6 is 0 Å². The number of aryl methyl sites for hydroxylation is 2. The molecule has 136 valence electrons. The molecule has 0 saturated heterocycles. The highest BCUT2D eigenvalue weighted by Crippen LogP contribution is 2.21. The molecule has 3 aromatic heterocycles. The fraction of sp³-hybridized carbons (Fsp3) is 0.200. The number of carbonyl (C=O) groups is 1. The SMILES string of the molecule is CNS(=O)(=O)c1nn(C)cc1NC(=O)c1coc(-c2ccnc(C)c2)n1. The van der Waals surface area contributed by atoms with Crippen LogP contribution in [-0.4, -0.2) is 41.1 Å². The standard InChI is InChI=1S/C15H16N6O4S/c1-9-6-10(4-5-17-9)14-19-12(8-25-14)13(22)18-11-7-21(3)20-15(11)26(23,24)16-2/h4-8,16H,1-3H3,(H,18,22). The number of oxazole rings is 1. The van der Waals surface area contributed by atoms with Gasteiger partial charge in [-0.25, -0.2) is 18.1 Å².